The van der Waals surface area contributed by atoms with Gasteiger partial charge < -0.3 is 10.5 Å². The molecule has 0 saturated carbocycles. The molecule has 1 heterocycles. The van der Waals surface area contributed by atoms with E-state index in [0.717, 1.165) is 4.47 Å². The third-order valence-electron chi connectivity index (χ3n) is 1.72. The quantitative estimate of drug-likeness (QED) is 0.673. The Labute approximate surface area is 109 Å². The van der Waals surface area contributed by atoms with Gasteiger partial charge in [-0.2, -0.15) is 0 Å². The minimum absolute atomic E-state index is 0.327. The highest BCUT2D eigenvalue weighted by atomic mass is 79.9. The summed E-state index contributed by atoms with van der Waals surface area (Å²) in [6.07, 6.45) is 4.49. The smallest absolute Gasteiger partial charge is 0.333 e. The van der Waals surface area contributed by atoms with Crippen LogP contribution in [0.5, 0.6) is 0 Å². The van der Waals surface area contributed by atoms with Gasteiger partial charge in [0.1, 0.15) is 5.60 Å². The Bertz CT molecular complexity index is 450. The SMILES string of the molecule is CC(C)(C)OC(=O)C=C(N)c1cncc(Br)c1. The van der Waals surface area contributed by atoms with Crippen LogP contribution in [-0.2, 0) is 9.53 Å². The van der Waals surface area contributed by atoms with Crippen LogP contribution < -0.4 is 5.73 Å². The molecular formula is C12H15BrN2O2. The lowest BCUT2D eigenvalue weighted by molar-refractivity contribution is -0.148. The van der Waals surface area contributed by atoms with E-state index in [2.05, 4.69) is 20.9 Å². The van der Waals surface area contributed by atoms with Gasteiger partial charge in [0.15, 0.2) is 0 Å². The van der Waals surface area contributed by atoms with Crippen LogP contribution in [0.3, 0.4) is 0 Å². The second-order valence-electron chi connectivity index (χ2n) is 4.52. The molecule has 1 aromatic rings. The van der Waals surface area contributed by atoms with E-state index in [4.69, 9.17) is 10.5 Å². The average molecular weight is 299 g/mol. The molecular weight excluding hydrogens is 284 g/mol. The van der Waals surface area contributed by atoms with Crippen molar-refractivity contribution in [2.75, 3.05) is 0 Å². The number of nitrogens with two attached hydrogens (primary N) is 1. The topological polar surface area (TPSA) is 65.2 Å². The second-order valence-corrected chi connectivity index (χ2v) is 5.44. The van der Waals surface area contributed by atoms with Crippen LogP contribution in [0.1, 0.15) is 26.3 Å². The fourth-order valence-electron chi connectivity index (χ4n) is 1.11. The minimum Gasteiger partial charge on any atom is -0.457 e. The molecule has 1 aromatic heterocycles. The Hall–Kier alpha value is -1.36. The number of pyridine rings is 1. The molecule has 0 spiro atoms. The molecule has 4 nitrogen and oxygen atoms in total. The number of hydrogen-bond donors (Lipinski definition) is 1. The molecule has 0 saturated heterocycles. The van der Waals surface area contributed by atoms with Crippen molar-refractivity contribution < 1.29 is 9.53 Å². The average Bonchev–Trinajstić information content (AvgIpc) is 2.14. The van der Waals surface area contributed by atoms with E-state index in [-0.39, 0.29) is 0 Å². The summed E-state index contributed by atoms with van der Waals surface area (Å²) in [6.45, 7) is 5.40. The summed E-state index contributed by atoms with van der Waals surface area (Å²) in [6, 6.07) is 1.78. The summed E-state index contributed by atoms with van der Waals surface area (Å²) < 4.78 is 5.93. The Balaban J connectivity index is 2.83. The molecule has 0 aliphatic rings. The summed E-state index contributed by atoms with van der Waals surface area (Å²) in [5, 5.41) is 0. The van der Waals surface area contributed by atoms with Gasteiger partial charge in [-0.05, 0) is 42.8 Å². The van der Waals surface area contributed by atoms with E-state index in [0.29, 0.717) is 11.3 Å². The number of aromatic nitrogens is 1. The first-order valence-corrected chi connectivity index (χ1v) is 5.88. The summed E-state index contributed by atoms with van der Waals surface area (Å²) >= 11 is 3.28. The third-order valence-corrected chi connectivity index (χ3v) is 2.15. The number of carbonyl (C=O) groups is 1. The standard InChI is InChI=1S/C12H15BrN2O2/c1-12(2,3)17-11(16)5-10(14)8-4-9(13)7-15-6-8/h4-7H,14H2,1-3H3. The van der Waals surface area contributed by atoms with Crippen molar-refractivity contribution in [1.82, 2.24) is 4.98 Å². The second kappa shape index (κ2) is 5.31. The van der Waals surface area contributed by atoms with Gasteiger partial charge in [-0.25, -0.2) is 4.79 Å². The summed E-state index contributed by atoms with van der Waals surface area (Å²) in [5.74, 6) is -0.463. The van der Waals surface area contributed by atoms with Gasteiger partial charge in [-0.3, -0.25) is 4.98 Å². The van der Waals surface area contributed by atoms with Crippen LogP contribution in [0.4, 0.5) is 0 Å². The van der Waals surface area contributed by atoms with Crippen molar-refractivity contribution in [3.05, 3.63) is 34.6 Å². The minimum atomic E-state index is -0.524. The maximum Gasteiger partial charge on any atom is 0.333 e. The summed E-state index contributed by atoms with van der Waals surface area (Å²) in [5.41, 5.74) is 6.26. The third kappa shape index (κ3) is 4.99. The lowest BCUT2D eigenvalue weighted by Gasteiger charge is -2.18. The van der Waals surface area contributed by atoms with Crippen molar-refractivity contribution >= 4 is 27.6 Å². The lowest BCUT2D eigenvalue weighted by atomic mass is 10.2. The van der Waals surface area contributed by atoms with Crippen LogP contribution >= 0.6 is 15.9 Å². The van der Waals surface area contributed by atoms with Crippen molar-refractivity contribution in [2.24, 2.45) is 5.73 Å². The van der Waals surface area contributed by atoms with Crippen LogP contribution in [0.15, 0.2) is 29.0 Å². The van der Waals surface area contributed by atoms with E-state index in [1.807, 2.05) is 0 Å². The maximum absolute atomic E-state index is 11.5. The zero-order chi connectivity index (χ0) is 13.1. The van der Waals surface area contributed by atoms with Crippen molar-refractivity contribution in [1.29, 1.82) is 0 Å². The van der Waals surface area contributed by atoms with Gasteiger partial charge in [-0.1, -0.05) is 0 Å². The number of esters is 1. The van der Waals surface area contributed by atoms with Gasteiger partial charge in [0.2, 0.25) is 0 Å². The highest BCUT2D eigenvalue weighted by molar-refractivity contribution is 9.10. The first kappa shape index (κ1) is 13.7. The molecule has 17 heavy (non-hydrogen) atoms. The number of hydrogen-bond acceptors (Lipinski definition) is 4. The Morgan fingerprint density at radius 3 is 2.65 bits per heavy atom. The fourth-order valence-corrected chi connectivity index (χ4v) is 1.48. The number of rotatable bonds is 2. The van der Waals surface area contributed by atoms with Crippen molar-refractivity contribution in [2.45, 2.75) is 26.4 Å². The van der Waals surface area contributed by atoms with E-state index in [9.17, 15) is 4.79 Å². The van der Waals surface area contributed by atoms with Gasteiger partial charge in [-0.15, -0.1) is 0 Å². The van der Waals surface area contributed by atoms with Crippen LogP contribution in [0.2, 0.25) is 0 Å². The van der Waals surface area contributed by atoms with Gasteiger partial charge in [0.25, 0.3) is 0 Å². The molecule has 1 rings (SSSR count). The van der Waals surface area contributed by atoms with Crippen molar-refractivity contribution in [3.8, 4) is 0 Å². The Kier molecular flexibility index (Phi) is 4.28. The molecule has 0 atom stereocenters. The predicted molar refractivity (Wildman–Crippen MR) is 69.9 cm³/mol. The van der Waals surface area contributed by atoms with E-state index < -0.39 is 11.6 Å². The van der Waals surface area contributed by atoms with E-state index in [1.165, 1.54) is 6.08 Å². The molecule has 0 amide bonds. The molecule has 2 N–H and O–H groups in total. The first-order chi connectivity index (χ1) is 7.78. The first-order valence-electron chi connectivity index (χ1n) is 5.09. The lowest BCUT2D eigenvalue weighted by Crippen LogP contribution is -2.23. The largest absolute Gasteiger partial charge is 0.457 e. The monoisotopic (exact) mass is 298 g/mol. The number of halogens is 1. The zero-order valence-corrected chi connectivity index (χ0v) is 11.6. The molecule has 0 aliphatic heterocycles. The molecule has 0 aliphatic carbocycles. The van der Waals surface area contributed by atoms with Crippen LogP contribution in [0, 0.1) is 0 Å². The maximum atomic E-state index is 11.5. The zero-order valence-electron chi connectivity index (χ0n) is 10.0. The fraction of sp³-hybridized carbons (Fsp3) is 0.333. The summed E-state index contributed by atoms with van der Waals surface area (Å²) in [4.78, 5) is 15.5. The Morgan fingerprint density at radius 1 is 1.47 bits per heavy atom. The molecule has 0 fully saturated rings. The number of ether oxygens (including phenoxy) is 1. The van der Waals surface area contributed by atoms with Gasteiger partial charge >= 0.3 is 5.97 Å². The van der Waals surface area contributed by atoms with Crippen molar-refractivity contribution in [3.63, 3.8) is 0 Å². The summed E-state index contributed by atoms with van der Waals surface area (Å²) in [7, 11) is 0. The normalized spacial score (nSPS) is 12.4. The highest BCUT2D eigenvalue weighted by Gasteiger charge is 2.15. The highest BCUT2D eigenvalue weighted by Crippen LogP contribution is 2.15. The molecule has 92 valence electrons. The van der Waals surface area contributed by atoms with Crippen LogP contribution in [0.25, 0.3) is 5.70 Å². The van der Waals surface area contributed by atoms with Gasteiger partial charge in [0.05, 0.1) is 0 Å². The van der Waals surface area contributed by atoms with E-state index in [1.54, 1.807) is 39.2 Å². The number of nitrogens with zero attached hydrogens (tertiary/aromatic N) is 1. The molecule has 0 unspecified atom stereocenters. The van der Waals surface area contributed by atoms with Gasteiger partial charge in [0, 0.05) is 34.2 Å². The molecule has 0 radical (unpaired) electrons. The van der Waals surface area contributed by atoms with E-state index >= 15 is 0 Å². The molecule has 0 bridgehead atoms. The van der Waals surface area contributed by atoms with Crippen LogP contribution in [-0.4, -0.2) is 16.6 Å². The molecule has 5 heteroatoms. The predicted octanol–water partition coefficient (Wildman–Crippen LogP) is 2.49. The number of carbonyl (C=O) groups excluding carboxylic acids is 1. The molecule has 0 aromatic carbocycles. The Morgan fingerprint density at radius 2 is 2.12 bits per heavy atom.